The molecule has 7 heteroatoms. The lowest BCUT2D eigenvalue weighted by Gasteiger charge is -1.99. The SMILES string of the molecule is Cc1ccc2sc(NC(=O)c3cc(Cl)sc3Cl)nc2c1C. The van der Waals surface area contributed by atoms with Gasteiger partial charge in [0.05, 0.1) is 20.1 Å². The first kappa shape index (κ1) is 14.8. The van der Waals surface area contributed by atoms with E-state index in [9.17, 15) is 4.79 Å². The second-order valence-corrected chi connectivity index (χ2v) is 7.88. The van der Waals surface area contributed by atoms with Crippen LogP contribution in [0, 0.1) is 13.8 Å². The molecule has 0 aliphatic rings. The molecule has 1 aromatic carbocycles. The van der Waals surface area contributed by atoms with Gasteiger partial charge in [0.1, 0.15) is 4.34 Å². The van der Waals surface area contributed by atoms with Crippen molar-refractivity contribution in [2.24, 2.45) is 0 Å². The van der Waals surface area contributed by atoms with Gasteiger partial charge in [-0.25, -0.2) is 4.98 Å². The number of amides is 1. The van der Waals surface area contributed by atoms with E-state index in [1.165, 1.54) is 28.2 Å². The summed E-state index contributed by atoms with van der Waals surface area (Å²) in [6.45, 7) is 4.07. The molecular weight excluding hydrogens is 347 g/mol. The molecule has 0 fully saturated rings. The summed E-state index contributed by atoms with van der Waals surface area (Å²) in [5.41, 5.74) is 3.60. The quantitative estimate of drug-likeness (QED) is 0.655. The average Bonchev–Trinajstić information content (AvgIpc) is 2.97. The molecule has 3 rings (SSSR count). The second kappa shape index (κ2) is 5.57. The number of thiazole rings is 1. The fourth-order valence-corrected chi connectivity index (χ4v) is 4.32. The van der Waals surface area contributed by atoms with Crippen LogP contribution in [0.25, 0.3) is 10.2 Å². The van der Waals surface area contributed by atoms with Gasteiger partial charge in [-0.2, -0.15) is 0 Å². The molecule has 0 aliphatic carbocycles. The number of anilines is 1. The van der Waals surface area contributed by atoms with Crippen molar-refractivity contribution < 1.29 is 4.79 Å². The Morgan fingerprint density at radius 2 is 2.00 bits per heavy atom. The number of aromatic nitrogens is 1. The molecule has 108 valence electrons. The van der Waals surface area contributed by atoms with Crippen LogP contribution in [0.2, 0.25) is 8.67 Å². The number of hydrogen-bond donors (Lipinski definition) is 1. The lowest BCUT2D eigenvalue weighted by Crippen LogP contribution is -2.10. The maximum absolute atomic E-state index is 12.2. The summed E-state index contributed by atoms with van der Waals surface area (Å²) < 4.78 is 1.91. The van der Waals surface area contributed by atoms with Crippen LogP contribution in [-0.2, 0) is 0 Å². The van der Waals surface area contributed by atoms with E-state index in [0.717, 1.165) is 15.8 Å². The maximum Gasteiger partial charge on any atom is 0.259 e. The molecule has 21 heavy (non-hydrogen) atoms. The molecule has 0 spiro atoms. The van der Waals surface area contributed by atoms with Crippen LogP contribution >= 0.6 is 45.9 Å². The minimum absolute atomic E-state index is 0.295. The number of fused-ring (bicyclic) bond motifs is 1. The number of halogens is 2. The van der Waals surface area contributed by atoms with Gasteiger partial charge in [-0.15, -0.1) is 11.3 Å². The van der Waals surface area contributed by atoms with E-state index in [0.29, 0.717) is 19.4 Å². The summed E-state index contributed by atoms with van der Waals surface area (Å²) >= 11 is 14.5. The van der Waals surface area contributed by atoms with E-state index in [2.05, 4.69) is 16.4 Å². The number of aryl methyl sites for hydroxylation is 2. The van der Waals surface area contributed by atoms with E-state index in [4.69, 9.17) is 23.2 Å². The van der Waals surface area contributed by atoms with Crippen molar-refractivity contribution in [1.29, 1.82) is 0 Å². The normalized spacial score (nSPS) is 11.0. The predicted molar refractivity (Wildman–Crippen MR) is 91.4 cm³/mol. The van der Waals surface area contributed by atoms with E-state index in [1.807, 2.05) is 19.9 Å². The van der Waals surface area contributed by atoms with Crippen LogP contribution < -0.4 is 5.32 Å². The molecule has 2 heterocycles. The Bertz CT molecular complexity index is 854. The van der Waals surface area contributed by atoms with Crippen LogP contribution in [0.3, 0.4) is 0 Å². The zero-order chi connectivity index (χ0) is 15.1. The zero-order valence-corrected chi connectivity index (χ0v) is 14.3. The van der Waals surface area contributed by atoms with E-state index in [-0.39, 0.29) is 5.91 Å². The van der Waals surface area contributed by atoms with Gasteiger partial charge >= 0.3 is 0 Å². The van der Waals surface area contributed by atoms with Crippen molar-refractivity contribution in [3.8, 4) is 0 Å². The molecule has 0 atom stereocenters. The van der Waals surface area contributed by atoms with Gasteiger partial charge < -0.3 is 0 Å². The Labute approximate surface area is 139 Å². The van der Waals surface area contributed by atoms with Gasteiger partial charge in [-0.05, 0) is 37.1 Å². The molecule has 0 aliphatic heterocycles. The van der Waals surface area contributed by atoms with E-state index < -0.39 is 0 Å². The number of benzene rings is 1. The van der Waals surface area contributed by atoms with Crippen molar-refractivity contribution in [2.45, 2.75) is 13.8 Å². The third-order valence-electron chi connectivity index (χ3n) is 3.21. The molecule has 0 saturated carbocycles. The van der Waals surface area contributed by atoms with Gasteiger partial charge in [0.25, 0.3) is 5.91 Å². The van der Waals surface area contributed by atoms with Crippen molar-refractivity contribution in [3.05, 3.63) is 43.6 Å². The van der Waals surface area contributed by atoms with Crippen molar-refractivity contribution in [1.82, 2.24) is 4.98 Å². The van der Waals surface area contributed by atoms with Gasteiger partial charge in [-0.3, -0.25) is 10.1 Å². The number of carbonyl (C=O) groups excluding carboxylic acids is 1. The third-order valence-corrected chi connectivity index (χ3v) is 5.63. The fraction of sp³-hybridized carbons (Fsp3) is 0.143. The molecule has 0 saturated heterocycles. The van der Waals surface area contributed by atoms with Crippen molar-refractivity contribution in [3.63, 3.8) is 0 Å². The van der Waals surface area contributed by atoms with Crippen LogP contribution in [-0.4, -0.2) is 10.9 Å². The Balaban J connectivity index is 1.93. The van der Waals surface area contributed by atoms with Crippen LogP contribution in [0.4, 0.5) is 5.13 Å². The highest BCUT2D eigenvalue weighted by molar-refractivity contribution is 7.22. The number of nitrogens with one attached hydrogen (secondary N) is 1. The Morgan fingerprint density at radius 3 is 2.67 bits per heavy atom. The number of hydrogen-bond acceptors (Lipinski definition) is 4. The van der Waals surface area contributed by atoms with Crippen LogP contribution in [0.15, 0.2) is 18.2 Å². The van der Waals surface area contributed by atoms with Crippen LogP contribution in [0.5, 0.6) is 0 Å². The molecule has 2 aromatic heterocycles. The highest BCUT2D eigenvalue weighted by Gasteiger charge is 2.16. The van der Waals surface area contributed by atoms with Crippen LogP contribution in [0.1, 0.15) is 21.5 Å². The average molecular weight is 357 g/mol. The summed E-state index contributed by atoms with van der Waals surface area (Å²) in [5, 5.41) is 3.34. The molecule has 0 radical (unpaired) electrons. The van der Waals surface area contributed by atoms with E-state index in [1.54, 1.807) is 6.07 Å². The third kappa shape index (κ3) is 2.79. The maximum atomic E-state index is 12.2. The minimum atomic E-state index is -0.295. The first-order valence-electron chi connectivity index (χ1n) is 6.08. The standard InChI is InChI=1S/C14H10Cl2N2OS2/c1-6-3-4-9-11(7(6)2)17-14(20-9)18-13(19)8-5-10(15)21-12(8)16/h3-5H,1-2H3,(H,17,18,19). The first-order valence-corrected chi connectivity index (χ1v) is 8.47. The lowest BCUT2D eigenvalue weighted by molar-refractivity contribution is 0.102. The molecule has 3 nitrogen and oxygen atoms in total. The molecular formula is C14H10Cl2N2OS2. The summed E-state index contributed by atoms with van der Waals surface area (Å²) in [5.74, 6) is -0.295. The molecule has 1 amide bonds. The highest BCUT2D eigenvalue weighted by Crippen LogP contribution is 2.33. The number of rotatable bonds is 2. The second-order valence-electron chi connectivity index (χ2n) is 4.57. The lowest BCUT2D eigenvalue weighted by atomic mass is 10.1. The molecule has 0 bridgehead atoms. The zero-order valence-electron chi connectivity index (χ0n) is 11.2. The monoisotopic (exact) mass is 356 g/mol. The minimum Gasteiger partial charge on any atom is -0.298 e. The topological polar surface area (TPSA) is 42.0 Å². The van der Waals surface area contributed by atoms with Gasteiger partial charge in [-0.1, -0.05) is 40.6 Å². The Morgan fingerprint density at radius 1 is 1.24 bits per heavy atom. The summed E-state index contributed by atoms with van der Waals surface area (Å²) in [6.07, 6.45) is 0. The van der Waals surface area contributed by atoms with Gasteiger partial charge in [0.15, 0.2) is 5.13 Å². The number of carbonyl (C=O) groups is 1. The van der Waals surface area contributed by atoms with E-state index >= 15 is 0 Å². The fourth-order valence-electron chi connectivity index (χ4n) is 1.94. The number of thiophene rings is 1. The molecule has 3 aromatic rings. The van der Waals surface area contributed by atoms with Gasteiger partial charge in [0.2, 0.25) is 0 Å². The smallest absolute Gasteiger partial charge is 0.259 e. The largest absolute Gasteiger partial charge is 0.298 e. The number of nitrogens with zero attached hydrogens (tertiary/aromatic N) is 1. The summed E-state index contributed by atoms with van der Waals surface area (Å²) in [7, 11) is 0. The van der Waals surface area contributed by atoms with Crippen molar-refractivity contribution >= 4 is 67.1 Å². The highest BCUT2D eigenvalue weighted by atomic mass is 35.5. The first-order chi connectivity index (χ1) is 9.95. The van der Waals surface area contributed by atoms with Crippen molar-refractivity contribution in [2.75, 3.05) is 5.32 Å². The Hall–Kier alpha value is -1.14. The Kier molecular flexibility index (Phi) is 3.92. The predicted octanol–water partition coefficient (Wildman–Crippen LogP) is 5.53. The molecule has 0 unspecified atom stereocenters. The van der Waals surface area contributed by atoms with Gasteiger partial charge in [0, 0.05) is 0 Å². The molecule has 1 N–H and O–H groups in total. The summed E-state index contributed by atoms with van der Waals surface area (Å²) in [4.78, 5) is 16.7. The summed E-state index contributed by atoms with van der Waals surface area (Å²) in [6, 6.07) is 5.63.